The minimum absolute atomic E-state index is 0.0894. The van der Waals surface area contributed by atoms with Gasteiger partial charge < -0.3 is 14.8 Å². The molecule has 0 heterocycles. The lowest BCUT2D eigenvalue weighted by Gasteiger charge is -2.10. The number of nitrogens with zero attached hydrogens (tertiary/aromatic N) is 1. The van der Waals surface area contributed by atoms with Crippen molar-refractivity contribution in [3.8, 4) is 11.5 Å². The van der Waals surface area contributed by atoms with Gasteiger partial charge in [0, 0.05) is 23.9 Å². The quantitative estimate of drug-likeness (QED) is 0.458. The molecule has 2 aromatic carbocycles. The SMILES string of the molecule is COc1cc(/C=C/C(=O)Nc2cccc([N+](=O)[O-])c2)ccc1OC(F)F. The highest BCUT2D eigenvalue weighted by atomic mass is 19.3. The zero-order valence-corrected chi connectivity index (χ0v) is 13.5. The van der Waals surface area contributed by atoms with Crippen molar-refractivity contribution in [2.24, 2.45) is 0 Å². The summed E-state index contributed by atoms with van der Waals surface area (Å²) >= 11 is 0. The van der Waals surface area contributed by atoms with Crippen LogP contribution in [0.2, 0.25) is 0 Å². The number of carbonyl (C=O) groups is 1. The molecule has 136 valence electrons. The number of methoxy groups -OCH3 is 1. The fraction of sp³-hybridized carbons (Fsp3) is 0.118. The number of nitro benzene ring substituents is 1. The smallest absolute Gasteiger partial charge is 0.387 e. The number of ether oxygens (including phenoxy) is 2. The van der Waals surface area contributed by atoms with Crippen LogP contribution in [0, 0.1) is 10.1 Å². The molecule has 0 atom stereocenters. The van der Waals surface area contributed by atoms with E-state index in [2.05, 4.69) is 10.1 Å². The van der Waals surface area contributed by atoms with Crippen molar-refractivity contribution in [3.63, 3.8) is 0 Å². The van der Waals surface area contributed by atoms with Crippen molar-refractivity contribution < 1.29 is 28.0 Å². The summed E-state index contributed by atoms with van der Waals surface area (Å²) in [6, 6.07) is 9.68. The summed E-state index contributed by atoms with van der Waals surface area (Å²) in [5.41, 5.74) is 0.635. The van der Waals surface area contributed by atoms with Gasteiger partial charge in [0.2, 0.25) is 5.91 Å². The minimum Gasteiger partial charge on any atom is -0.493 e. The highest BCUT2D eigenvalue weighted by Crippen LogP contribution is 2.29. The van der Waals surface area contributed by atoms with Gasteiger partial charge in [-0.25, -0.2) is 0 Å². The molecule has 2 rings (SSSR count). The molecule has 7 nitrogen and oxygen atoms in total. The molecule has 0 aromatic heterocycles. The maximum atomic E-state index is 12.3. The first-order chi connectivity index (χ1) is 12.4. The number of hydrogen-bond donors (Lipinski definition) is 1. The molecule has 2 aromatic rings. The predicted molar refractivity (Wildman–Crippen MR) is 90.4 cm³/mol. The summed E-state index contributed by atoms with van der Waals surface area (Å²) in [5.74, 6) is -0.551. The zero-order valence-electron chi connectivity index (χ0n) is 13.5. The molecule has 0 bridgehead atoms. The van der Waals surface area contributed by atoms with Crippen molar-refractivity contribution in [2.75, 3.05) is 12.4 Å². The van der Waals surface area contributed by atoms with E-state index < -0.39 is 17.4 Å². The number of amides is 1. The third-order valence-electron chi connectivity index (χ3n) is 3.16. The first kappa shape index (κ1) is 18.8. The standard InChI is InChI=1S/C17H14F2N2O5/c1-25-15-9-11(5-7-14(15)26-17(18)19)6-8-16(22)20-12-3-2-4-13(10-12)21(23)24/h2-10,17H,1H3,(H,20,22)/b8-6+. The monoisotopic (exact) mass is 364 g/mol. The largest absolute Gasteiger partial charge is 0.493 e. The minimum atomic E-state index is -2.98. The second-order valence-electron chi connectivity index (χ2n) is 4.92. The second kappa shape index (κ2) is 8.56. The molecule has 0 aliphatic rings. The lowest BCUT2D eigenvalue weighted by Crippen LogP contribution is -2.07. The van der Waals surface area contributed by atoms with E-state index in [1.165, 1.54) is 61.7 Å². The number of non-ortho nitro benzene ring substituents is 1. The van der Waals surface area contributed by atoms with Gasteiger partial charge in [-0.3, -0.25) is 14.9 Å². The Labute approximate surface area is 147 Å². The highest BCUT2D eigenvalue weighted by Gasteiger charge is 2.11. The number of rotatable bonds is 7. The average Bonchev–Trinajstić information content (AvgIpc) is 2.60. The molecule has 26 heavy (non-hydrogen) atoms. The Morgan fingerprint density at radius 2 is 2.00 bits per heavy atom. The summed E-state index contributed by atoms with van der Waals surface area (Å²) < 4.78 is 33.9. The Kier molecular flexibility index (Phi) is 6.20. The molecule has 0 saturated heterocycles. The topological polar surface area (TPSA) is 90.7 Å². The fourth-order valence-corrected chi connectivity index (χ4v) is 2.03. The first-order valence-electron chi connectivity index (χ1n) is 7.25. The van der Waals surface area contributed by atoms with E-state index >= 15 is 0 Å². The number of hydrogen-bond acceptors (Lipinski definition) is 5. The van der Waals surface area contributed by atoms with Gasteiger partial charge in [-0.2, -0.15) is 8.78 Å². The number of carbonyl (C=O) groups excluding carboxylic acids is 1. The van der Waals surface area contributed by atoms with Crippen molar-refractivity contribution in [2.45, 2.75) is 6.61 Å². The zero-order chi connectivity index (χ0) is 19.1. The molecule has 0 saturated carbocycles. The molecule has 0 unspecified atom stereocenters. The van der Waals surface area contributed by atoms with Crippen LogP contribution in [0.1, 0.15) is 5.56 Å². The number of alkyl halides is 2. The van der Waals surface area contributed by atoms with Gasteiger partial charge in [-0.05, 0) is 29.8 Å². The molecule has 1 amide bonds. The average molecular weight is 364 g/mol. The van der Waals surface area contributed by atoms with Crippen LogP contribution in [-0.4, -0.2) is 24.6 Å². The lowest BCUT2D eigenvalue weighted by molar-refractivity contribution is -0.384. The molecule has 9 heteroatoms. The molecular weight excluding hydrogens is 350 g/mol. The summed E-state index contributed by atoms with van der Waals surface area (Å²) in [6.45, 7) is -2.98. The Morgan fingerprint density at radius 3 is 2.65 bits per heavy atom. The normalized spacial score (nSPS) is 10.8. The Bertz CT molecular complexity index is 840. The number of nitrogens with one attached hydrogen (secondary N) is 1. The number of halogens is 2. The van der Waals surface area contributed by atoms with Gasteiger partial charge >= 0.3 is 6.61 Å². The molecular formula is C17H14F2N2O5. The van der Waals surface area contributed by atoms with Crippen LogP contribution in [0.15, 0.2) is 48.5 Å². The van der Waals surface area contributed by atoms with Gasteiger partial charge in [0.15, 0.2) is 11.5 Å². The lowest BCUT2D eigenvalue weighted by atomic mass is 10.2. The highest BCUT2D eigenvalue weighted by molar-refractivity contribution is 6.02. The van der Waals surface area contributed by atoms with Gasteiger partial charge in [-0.15, -0.1) is 0 Å². The third kappa shape index (κ3) is 5.26. The Morgan fingerprint density at radius 1 is 1.23 bits per heavy atom. The van der Waals surface area contributed by atoms with E-state index in [4.69, 9.17) is 4.74 Å². The third-order valence-corrected chi connectivity index (χ3v) is 3.16. The molecule has 1 N–H and O–H groups in total. The van der Waals surface area contributed by atoms with Crippen molar-refractivity contribution >= 4 is 23.4 Å². The van der Waals surface area contributed by atoms with E-state index in [1.54, 1.807) is 0 Å². The molecule has 0 spiro atoms. The van der Waals surface area contributed by atoms with E-state index in [9.17, 15) is 23.7 Å². The fourth-order valence-electron chi connectivity index (χ4n) is 2.03. The van der Waals surface area contributed by atoms with Crippen LogP contribution < -0.4 is 14.8 Å². The number of nitro groups is 1. The van der Waals surface area contributed by atoms with Gasteiger partial charge in [0.25, 0.3) is 5.69 Å². The van der Waals surface area contributed by atoms with Crippen LogP contribution in [0.3, 0.4) is 0 Å². The summed E-state index contributed by atoms with van der Waals surface area (Å²) in [6.07, 6.45) is 2.63. The van der Waals surface area contributed by atoms with E-state index in [1.807, 2.05) is 0 Å². The maximum absolute atomic E-state index is 12.3. The van der Waals surface area contributed by atoms with E-state index in [-0.39, 0.29) is 22.9 Å². The maximum Gasteiger partial charge on any atom is 0.387 e. The Hall–Kier alpha value is -3.49. The van der Waals surface area contributed by atoms with Crippen molar-refractivity contribution in [3.05, 3.63) is 64.2 Å². The molecule has 0 fully saturated rings. The van der Waals surface area contributed by atoms with Crippen molar-refractivity contribution in [1.82, 2.24) is 0 Å². The van der Waals surface area contributed by atoms with Gasteiger partial charge in [0.1, 0.15) is 0 Å². The summed E-state index contributed by atoms with van der Waals surface area (Å²) in [5, 5.41) is 13.2. The van der Waals surface area contributed by atoms with Crippen molar-refractivity contribution in [1.29, 1.82) is 0 Å². The summed E-state index contributed by atoms with van der Waals surface area (Å²) in [7, 11) is 1.30. The second-order valence-corrected chi connectivity index (χ2v) is 4.92. The molecule has 0 aliphatic carbocycles. The van der Waals surface area contributed by atoms with Crippen LogP contribution in [0.4, 0.5) is 20.2 Å². The van der Waals surface area contributed by atoms with Gasteiger partial charge in [0.05, 0.1) is 12.0 Å². The van der Waals surface area contributed by atoms with Crippen LogP contribution in [0.25, 0.3) is 6.08 Å². The number of benzene rings is 2. The molecule has 0 radical (unpaired) electrons. The van der Waals surface area contributed by atoms with Crippen LogP contribution >= 0.6 is 0 Å². The Balaban J connectivity index is 2.08. The van der Waals surface area contributed by atoms with E-state index in [0.717, 1.165) is 0 Å². The van der Waals surface area contributed by atoms with Crippen LogP contribution in [-0.2, 0) is 4.79 Å². The predicted octanol–water partition coefficient (Wildman–Crippen LogP) is 3.86. The first-order valence-corrected chi connectivity index (χ1v) is 7.25. The van der Waals surface area contributed by atoms with E-state index in [0.29, 0.717) is 5.56 Å². The number of anilines is 1. The van der Waals surface area contributed by atoms with Gasteiger partial charge in [-0.1, -0.05) is 12.1 Å². The summed E-state index contributed by atoms with van der Waals surface area (Å²) in [4.78, 5) is 22.1. The van der Waals surface area contributed by atoms with Crippen LogP contribution in [0.5, 0.6) is 11.5 Å². The molecule has 0 aliphatic heterocycles.